The van der Waals surface area contributed by atoms with Gasteiger partial charge in [-0.1, -0.05) is 6.07 Å². The van der Waals surface area contributed by atoms with E-state index in [9.17, 15) is 0 Å². The standard InChI is InChI=1S/C18H22N2O2S2/c1-21-15-7-9-17(10-8-15)24-12-4-11-19-18(23)20-14-5-3-6-16(13-14)22-2/h3,5-10,13H,4,11-12H2,1-2H3,(H2,19,20,23). The van der Waals surface area contributed by atoms with Crippen molar-refractivity contribution in [3.8, 4) is 11.5 Å². The fourth-order valence-electron chi connectivity index (χ4n) is 2.01. The minimum absolute atomic E-state index is 0.623. The quantitative estimate of drug-likeness (QED) is 0.417. The Morgan fingerprint density at radius 3 is 2.50 bits per heavy atom. The van der Waals surface area contributed by atoms with E-state index in [2.05, 4.69) is 22.8 Å². The summed E-state index contributed by atoms with van der Waals surface area (Å²) in [5, 5.41) is 7.00. The van der Waals surface area contributed by atoms with Crippen molar-refractivity contribution in [2.24, 2.45) is 0 Å². The van der Waals surface area contributed by atoms with E-state index in [1.807, 2.05) is 48.2 Å². The third-order valence-corrected chi connectivity index (χ3v) is 4.61. The molecule has 0 aliphatic rings. The Labute approximate surface area is 152 Å². The first-order valence-electron chi connectivity index (χ1n) is 7.67. The molecule has 0 bridgehead atoms. The normalized spacial score (nSPS) is 10.1. The first-order valence-corrected chi connectivity index (χ1v) is 9.06. The number of hydrogen-bond donors (Lipinski definition) is 2. The van der Waals surface area contributed by atoms with Crippen LogP contribution in [0.3, 0.4) is 0 Å². The highest BCUT2D eigenvalue weighted by atomic mass is 32.2. The zero-order valence-corrected chi connectivity index (χ0v) is 15.5. The van der Waals surface area contributed by atoms with Gasteiger partial charge in [-0.25, -0.2) is 0 Å². The molecule has 0 aliphatic carbocycles. The lowest BCUT2D eigenvalue weighted by Gasteiger charge is -2.11. The molecule has 2 aromatic carbocycles. The molecule has 6 heteroatoms. The number of thiocarbonyl (C=S) groups is 1. The summed E-state index contributed by atoms with van der Waals surface area (Å²) in [6.45, 7) is 0.832. The van der Waals surface area contributed by atoms with Crippen LogP contribution >= 0.6 is 24.0 Å². The molecule has 0 aliphatic heterocycles. The number of nitrogens with one attached hydrogen (secondary N) is 2. The van der Waals surface area contributed by atoms with Crippen LogP contribution in [0.25, 0.3) is 0 Å². The number of rotatable bonds is 8. The average molecular weight is 363 g/mol. The van der Waals surface area contributed by atoms with Gasteiger partial charge in [0.05, 0.1) is 14.2 Å². The highest BCUT2D eigenvalue weighted by Crippen LogP contribution is 2.21. The van der Waals surface area contributed by atoms with Crippen molar-refractivity contribution in [2.45, 2.75) is 11.3 Å². The predicted molar refractivity (Wildman–Crippen MR) is 106 cm³/mol. The third-order valence-electron chi connectivity index (χ3n) is 3.26. The van der Waals surface area contributed by atoms with Crippen molar-refractivity contribution in [2.75, 3.05) is 31.8 Å². The van der Waals surface area contributed by atoms with Gasteiger partial charge in [0.15, 0.2) is 5.11 Å². The Morgan fingerprint density at radius 2 is 1.79 bits per heavy atom. The van der Waals surface area contributed by atoms with Gasteiger partial charge in [-0.2, -0.15) is 0 Å². The van der Waals surface area contributed by atoms with Gasteiger partial charge in [0.25, 0.3) is 0 Å². The molecular formula is C18H22N2O2S2. The molecule has 2 rings (SSSR count). The molecule has 0 amide bonds. The summed E-state index contributed by atoms with van der Waals surface area (Å²) in [5.74, 6) is 2.72. The molecule has 128 valence electrons. The molecule has 4 nitrogen and oxygen atoms in total. The second-order valence-electron chi connectivity index (χ2n) is 4.99. The number of methoxy groups -OCH3 is 2. The van der Waals surface area contributed by atoms with Crippen LogP contribution in [0.5, 0.6) is 11.5 Å². The molecule has 0 aromatic heterocycles. The number of anilines is 1. The Kier molecular flexibility index (Phi) is 7.71. The molecule has 24 heavy (non-hydrogen) atoms. The van der Waals surface area contributed by atoms with Crippen molar-refractivity contribution in [3.05, 3.63) is 48.5 Å². The monoisotopic (exact) mass is 362 g/mol. The third kappa shape index (κ3) is 6.29. The molecule has 0 fully saturated rings. The summed E-state index contributed by atoms with van der Waals surface area (Å²) in [5.41, 5.74) is 0.916. The minimum atomic E-state index is 0.623. The largest absolute Gasteiger partial charge is 0.497 e. The molecule has 0 atom stereocenters. The number of ether oxygens (including phenoxy) is 2. The van der Waals surface area contributed by atoms with Crippen molar-refractivity contribution in [3.63, 3.8) is 0 Å². The topological polar surface area (TPSA) is 42.5 Å². The van der Waals surface area contributed by atoms with Crippen molar-refractivity contribution < 1.29 is 9.47 Å². The van der Waals surface area contributed by atoms with Crippen LogP contribution in [0.1, 0.15) is 6.42 Å². The van der Waals surface area contributed by atoms with Crippen LogP contribution in [-0.2, 0) is 0 Å². The Morgan fingerprint density at radius 1 is 1.04 bits per heavy atom. The first kappa shape index (κ1) is 18.4. The molecule has 0 unspecified atom stereocenters. The van der Waals surface area contributed by atoms with Gasteiger partial charge in [0.2, 0.25) is 0 Å². The molecule has 2 aromatic rings. The molecule has 2 N–H and O–H groups in total. The van der Waals surface area contributed by atoms with E-state index in [0.717, 1.165) is 35.9 Å². The van der Waals surface area contributed by atoms with Crippen LogP contribution < -0.4 is 20.1 Å². The summed E-state index contributed by atoms with van der Waals surface area (Å²) in [7, 11) is 3.33. The van der Waals surface area contributed by atoms with Crippen LogP contribution in [0.2, 0.25) is 0 Å². The second kappa shape index (κ2) is 10.1. The van der Waals surface area contributed by atoms with Crippen LogP contribution in [0.4, 0.5) is 5.69 Å². The molecule has 0 saturated heterocycles. The van der Waals surface area contributed by atoms with Gasteiger partial charge < -0.3 is 20.1 Å². The molecule has 0 radical (unpaired) electrons. The summed E-state index contributed by atoms with van der Waals surface area (Å²) in [4.78, 5) is 1.24. The SMILES string of the molecule is COc1ccc(SCCCNC(=S)Nc2cccc(OC)c2)cc1. The van der Waals surface area contributed by atoms with E-state index in [1.54, 1.807) is 14.2 Å². The number of benzene rings is 2. The number of hydrogen-bond acceptors (Lipinski definition) is 4. The van der Waals surface area contributed by atoms with Crippen molar-refractivity contribution >= 4 is 34.8 Å². The van der Waals surface area contributed by atoms with Gasteiger partial charge in [-0.05, 0) is 60.8 Å². The zero-order valence-electron chi connectivity index (χ0n) is 13.9. The number of thioether (sulfide) groups is 1. The van der Waals surface area contributed by atoms with E-state index in [-0.39, 0.29) is 0 Å². The highest BCUT2D eigenvalue weighted by Gasteiger charge is 2.00. The van der Waals surface area contributed by atoms with E-state index in [4.69, 9.17) is 21.7 Å². The summed E-state index contributed by atoms with van der Waals surface area (Å²) >= 11 is 7.13. The van der Waals surface area contributed by atoms with Crippen LogP contribution in [-0.4, -0.2) is 31.6 Å². The Hall–Kier alpha value is -1.92. The minimum Gasteiger partial charge on any atom is -0.497 e. The fourth-order valence-corrected chi connectivity index (χ4v) is 3.08. The van der Waals surface area contributed by atoms with E-state index < -0.39 is 0 Å². The maximum Gasteiger partial charge on any atom is 0.170 e. The molecule has 0 spiro atoms. The lowest BCUT2D eigenvalue weighted by Crippen LogP contribution is -2.29. The van der Waals surface area contributed by atoms with Gasteiger partial charge in [0.1, 0.15) is 11.5 Å². The van der Waals surface area contributed by atoms with Crippen molar-refractivity contribution in [1.29, 1.82) is 0 Å². The lowest BCUT2D eigenvalue weighted by atomic mass is 10.3. The molecular weight excluding hydrogens is 340 g/mol. The molecule has 0 heterocycles. The van der Waals surface area contributed by atoms with Crippen LogP contribution in [0, 0.1) is 0 Å². The highest BCUT2D eigenvalue weighted by molar-refractivity contribution is 7.99. The Balaban J connectivity index is 1.63. The van der Waals surface area contributed by atoms with Gasteiger partial charge in [-0.3, -0.25) is 0 Å². The fraction of sp³-hybridized carbons (Fsp3) is 0.278. The summed E-state index contributed by atoms with van der Waals surface area (Å²) in [6, 6.07) is 15.8. The Bertz CT molecular complexity index is 648. The summed E-state index contributed by atoms with van der Waals surface area (Å²) in [6.07, 6.45) is 1.02. The predicted octanol–water partition coefficient (Wildman–Crippen LogP) is 4.17. The maximum absolute atomic E-state index is 5.30. The van der Waals surface area contributed by atoms with E-state index in [0.29, 0.717) is 5.11 Å². The first-order chi connectivity index (χ1) is 11.7. The van der Waals surface area contributed by atoms with E-state index >= 15 is 0 Å². The average Bonchev–Trinajstić information content (AvgIpc) is 2.62. The smallest absolute Gasteiger partial charge is 0.170 e. The summed E-state index contributed by atoms with van der Waals surface area (Å²) < 4.78 is 10.3. The zero-order chi connectivity index (χ0) is 17.2. The van der Waals surface area contributed by atoms with Gasteiger partial charge in [-0.15, -0.1) is 11.8 Å². The van der Waals surface area contributed by atoms with E-state index in [1.165, 1.54) is 4.90 Å². The van der Waals surface area contributed by atoms with Crippen molar-refractivity contribution in [1.82, 2.24) is 5.32 Å². The van der Waals surface area contributed by atoms with Gasteiger partial charge in [0, 0.05) is 23.2 Å². The maximum atomic E-state index is 5.30. The second-order valence-corrected chi connectivity index (χ2v) is 6.57. The van der Waals surface area contributed by atoms with Crippen LogP contribution in [0.15, 0.2) is 53.4 Å². The molecule has 0 saturated carbocycles. The lowest BCUT2D eigenvalue weighted by molar-refractivity contribution is 0.414. The van der Waals surface area contributed by atoms with Gasteiger partial charge >= 0.3 is 0 Å².